The van der Waals surface area contributed by atoms with E-state index in [1.54, 1.807) is 18.2 Å². The van der Waals surface area contributed by atoms with E-state index < -0.39 is 0 Å². The van der Waals surface area contributed by atoms with Gasteiger partial charge in [0.05, 0.1) is 12.1 Å². The summed E-state index contributed by atoms with van der Waals surface area (Å²) in [5.74, 6) is 1.07. The van der Waals surface area contributed by atoms with E-state index in [-0.39, 0.29) is 5.91 Å². The molecule has 0 atom stereocenters. The molecule has 29 heavy (non-hydrogen) atoms. The van der Waals surface area contributed by atoms with E-state index in [2.05, 4.69) is 5.32 Å². The van der Waals surface area contributed by atoms with Crippen LogP contribution in [0.5, 0.6) is 11.5 Å². The standard InChI is InChI=1S/C24H24ClNO3/c1-17-8-9-18(2)23(14-17)28-13-12-26-24(27)21-15-20(25)10-11-22(21)29-16-19-6-4-3-5-7-19/h3-11,14-15H,12-13,16H2,1-2H3,(H,26,27). The molecule has 1 amide bonds. The van der Waals surface area contributed by atoms with E-state index in [0.717, 1.165) is 22.4 Å². The molecule has 0 unspecified atom stereocenters. The highest BCUT2D eigenvalue weighted by Gasteiger charge is 2.13. The van der Waals surface area contributed by atoms with Crippen LogP contribution in [0.2, 0.25) is 5.02 Å². The number of halogens is 1. The van der Waals surface area contributed by atoms with Crippen molar-refractivity contribution in [3.63, 3.8) is 0 Å². The van der Waals surface area contributed by atoms with Crippen molar-refractivity contribution in [2.45, 2.75) is 20.5 Å². The highest BCUT2D eigenvalue weighted by Crippen LogP contribution is 2.24. The molecule has 1 N–H and O–H groups in total. The molecule has 0 saturated carbocycles. The van der Waals surface area contributed by atoms with Gasteiger partial charge in [0, 0.05) is 5.02 Å². The third-order valence-corrected chi connectivity index (χ3v) is 4.65. The van der Waals surface area contributed by atoms with Crippen LogP contribution in [0.3, 0.4) is 0 Å². The van der Waals surface area contributed by atoms with Crippen LogP contribution in [-0.2, 0) is 6.61 Å². The molecule has 4 nitrogen and oxygen atoms in total. The highest BCUT2D eigenvalue weighted by atomic mass is 35.5. The smallest absolute Gasteiger partial charge is 0.255 e. The van der Waals surface area contributed by atoms with Crippen molar-refractivity contribution >= 4 is 17.5 Å². The summed E-state index contributed by atoms with van der Waals surface area (Å²) in [6.07, 6.45) is 0. The van der Waals surface area contributed by atoms with Gasteiger partial charge in [-0.25, -0.2) is 0 Å². The average Bonchev–Trinajstić information content (AvgIpc) is 2.73. The zero-order chi connectivity index (χ0) is 20.6. The third-order valence-electron chi connectivity index (χ3n) is 4.41. The van der Waals surface area contributed by atoms with E-state index in [1.807, 2.05) is 62.4 Å². The first-order valence-corrected chi connectivity index (χ1v) is 9.85. The number of ether oxygens (including phenoxy) is 2. The number of carbonyl (C=O) groups excluding carboxylic acids is 1. The Labute approximate surface area is 176 Å². The van der Waals surface area contributed by atoms with Gasteiger partial charge in [0.2, 0.25) is 0 Å². The number of amides is 1. The second-order valence-corrected chi connectivity index (χ2v) is 7.22. The lowest BCUT2D eigenvalue weighted by molar-refractivity contribution is 0.0942. The molecule has 0 aliphatic rings. The second kappa shape index (κ2) is 9.99. The minimum atomic E-state index is -0.250. The topological polar surface area (TPSA) is 47.6 Å². The fourth-order valence-electron chi connectivity index (χ4n) is 2.82. The van der Waals surface area contributed by atoms with Crippen LogP contribution in [0.1, 0.15) is 27.0 Å². The van der Waals surface area contributed by atoms with Gasteiger partial charge < -0.3 is 14.8 Å². The molecule has 3 aromatic rings. The third kappa shape index (κ3) is 6.00. The van der Waals surface area contributed by atoms with E-state index in [0.29, 0.717) is 36.1 Å². The van der Waals surface area contributed by atoms with Crippen LogP contribution in [0, 0.1) is 13.8 Å². The molecule has 3 rings (SSSR count). The van der Waals surface area contributed by atoms with Crippen molar-refractivity contribution in [1.82, 2.24) is 5.32 Å². The summed E-state index contributed by atoms with van der Waals surface area (Å²) in [4.78, 5) is 12.7. The van der Waals surface area contributed by atoms with Crippen LogP contribution in [0.25, 0.3) is 0 Å². The monoisotopic (exact) mass is 409 g/mol. The highest BCUT2D eigenvalue weighted by molar-refractivity contribution is 6.31. The molecule has 3 aromatic carbocycles. The van der Waals surface area contributed by atoms with Crippen LogP contribution in [-0.4, -0.2) is 19.1 Å². The maximum atomic E-state index is 12.7. The molecule has 150 valence electrons. The average molecular weight is 410 g/mol. The van der Waals surface area contributed by atoms with Crippen molar-refractivity contribution in [2.75, 3.05) is 13.2 Å². The molecular formula is C24H24ClNO3. The Morgan fingerprint density at radius 3 is 2.52 bits per heavy atom. The summed E-state index contributed by atoms with van der Waals surface area (Å²) >= 11 is 6.09. The van der Waals surface area contributed by atoms with Gasteiger partial charge in [-0.15, -0.1) is 0 Å². The molecule has 0 spiro atoms. The van der Waals surface area contributed by atoms with Gasteiger partial charge in [-0.1, -0.05) is 54.1 Å². The van der Waals surface area contributed by atoms with Crippen LogP contribution < -0.4 is 14.8 Å². The van der Waals surface area contributed by atoms with Crippen LogP contribution in [0.4, 0.5) is 0 Å². The first kappa shape index (κ1) is 20.7. The lowest BCUT2D eigenvalue weighted by Gasteiger charge is -2.13. The van der Waals surface area contributed by atoms with E-state index >= 15 is 0 Å². The Kier molecular flexibility index (Phi) is 7.14. The number of carbonyl (C=O) groups is 1. The molecular weight excluding hydrogens is 386 g/mol. The Bertz CT molecular complexity index is 973. The lowest BCUT2D eigenvalue weighted by atomic mass is 10.1. The van der Waals surface area contributed by atoms with E-state index in [4.69, 9.17) is 21.1 Å². The summed E-state index contributed by atoms with van der Waals surface area (Å²) in [7, 11) is 0. The molecule has 0 bridgehead atoms. The summed E-state index contributed by atoms with van der Waals surface area (Å²) in [5, 5.41) is 3.35. The summed E-state index contributed by atoms with van der Waals surface area (Å²) in [6, 6.07) is 20.9. The fourth-order valence-corrected chi connectivity index (χ4v) is 3.00. The number of nitrogens with one attached hydrogen (secondary N) is 1. The molecule has 0 aliphatic heterocycles. The van der Waals surface area contributed by atoms with Gasteiger partial charge in [-0.05, 0) is 54.8 Å². The first-order chi connectivity index (χ1) is 14.0. The molecule has 0 saturated heterocycles. The molecule has 5 heteroatoms. The largest absolute Gasteiger partial charge is 0.491 e. The Hall–Kier alpha value is -2.98. The van der Waals surface area contributed by atoms with Crippen LogP contribution >= 0.6 is 11.6 Å². The van der Waals surface area contributed by atoms with Crippen molar-refractivity contribution in [1.29, 1.82) is 0 Å². The zero-order valence-electron chi connectivity index (χ0n) is 16.6. The van der Waals surface area contributed by atoms with Crippen molar-refractivity contribution in [3.05, 3.63) is 94.0 Å². The predicted molar refractivity (Wildman–Crippen MR) is 116 cm³/mol. The Morgan fingerprint density at radius 1 is 0.931 bits per heavy atom. The normalized spacial score (nSPS) is 10.4. The fraction of sp³-hybridized carbons (Fsp3) is 0.208. The first-order valence-electron chi connectivity index (χ1n) is 9.47. The Balaban J connectivity index is 1.58. The van der Waals surface area contributed by atoms with Crippen LogP contribution in [0.15, 0.2) is 66.7 Å². The Morgan fingerprint density at radius 2 is 1.72 bits per heavy atom. The molecule has 0 radical (unpaired) electrons. The number of benzene rings is 3. The molecule has 0 fully saturated rings. The predicted octanol–water partition coefficient (Wildman–Crippen LogP) is 5.34. The maximum Gasteiger partial charge on any atom is 0.255 e. The zero-order valence-corrected chi connectivity index (χ0v) is 17.3. The number of hydrogen-bond acceptors (Lipinski definition) is 3. The van der Waals surface area contributed by atoms with Gasteiger partial charge in [-0.3, -0.25) is 4.79 Å². The number of aryl methyl sites for hydroxylation is 2. The van der Waals surface area contributed by atoms with Crippen molar-refractivity contribution in [2.24, 2.45) is 0 Å². The SMILES string of the molecule is Cc1ccc(C)c(OCCNC(=O)c2cc(Cl)ccc2OCc2ccccc2)c1. The van der Waals surface area contributed by atoms with E-state index in [1.165, 1.54) is 0 Å². The minimum Gasteiger partial charge on any atom is -0.491 e. The molecule has 0 heterocycles. The van der Waals surface area contributed by atoms with Gasteiger partial charge in [0.25, 0.3) is 5.91 Å². The second-order valence-electron chi connectivity index (χ2n) is 6.79. The lowest BCUT2D eigenvalue weighted by Crippen LogP contribution is -2.28. The summed E-state index contributed by atoms with van der Waals surface area (Å²) < 4.78 is 11.6. The summed E-state index contributed by atoms with van der Waals surface area (Å²) in [6.45, 7) is 5.13. The van der Waals surface area contributed by atoms with Crippen molar-refractivity contribution in [3.8, 4) is 11.5 Å². The number of hydrogen-bond donors (Lipinski definition) is 1. The molecule has 0 aromatic heterocycles. The maximum absolute atomic E-state index is 12.7. The minimum absolute atomic E-state index is 0.250. The molecule has 0 aliphatic carbocycles. The van der Waals surface area contributed by atoms with Gasteiger partial charge >= 0.3 is 0 Å². The summed E-state index contributed by atoms with van der Waals surface area (Å²) in [5.41, 5.74) is 3.62. The van der Waals surface area contributed by atoms with Crippen molar-refractivity contribution < 1.29 is 14.3 Å². The van der Waals surface area contributed by atoms with Gasteiger partial charge in [-0.2, -0.15) is 0 Å². The number of rotatable bonds is 8. The van der Waals surface area contributed by atoms with Gasteiger partial charge in [0.15, 0.2) is 0 Å². The van der Waals surface area contributed by atoms with Gasteiger partial charge in [0.1, 0.15) is 24.7 Å². The quantitative estimate of drug-likeness (QED) is 0.510. The van der Waals surface area contributed by atoms with E-state index in [9.17, 15) is 4.79 Å².